The molecule has 3 heteroatoms. The van der Waals surface area contributed by atoms with Crippen LogP contribution in [0.1, 0.15) is 34.1 Å². The van der Waals surface area contributed by atoms with Crippen molar-refractivity contribution in [2.24, 2.45) is 17.8 Å². The number of hydrogen-bond donors (Lipinski definition) is 0. The van der Waals surface area contributed by atoms with Gasteiger partial charge in [-0.25, -0.2) is 8.42 Å². The van der Waals surface area contributed by atoms with Crippen molar-refractivity contribution in [3.63, 3.8) is 0 Å². The van der Waals surface area contributed by atoms with E-state index in [0.29, 0.717) is 17.6 Å². The van der Waals surface area contributed by atoms with Crippen LogP contribution in [0.25, 0.3) is 0 Å². The summed E-state index contributed by atoms with van der Waals surface area (Å²) in [4.78, 5) is 0. The molecule has 0 N–H and O–H groups in total. The predicted molar refractivity (Wildman–Crippen MR) is 55.4 cm³/mol. The van der Waals surface area contributed by atoms with Gasteiger partial charge in [0.05, 0.1) is 11.0 Å². The van der Waals surface area contributed by atoms with E-state index in [0.717, 1.165) is 6.42 Å². The Kier molecular flexibility index (Phi) is 3.05. The summed E-state index contributed by atoms with van der Waals surface area (Å²) >= 11 is 0. The van der Waals surface area contributed by atoms with Gasteiger partial charge >= 0.3 is 0 Å². The highest BCUT2D eigenvalue weighted by molar-refractivity contribution is 7.92. The molecule has 1 aliphatic rings. The van der Waals surface area contributed by atoms with Gasteiger partial charge in [-0.3, -0.25) is 0 Å². The van der Waals surface area contributed by atoms with Crippen LogP contribution in [0.3, 0.4) is 0 Å². The van der Waals surface area contributed by atoms with E-state index in [2.05, 4.69) is 13.8 Å². The van der Waals surface area contributed by atoms with E-state index in [-0.39, 0.29) is 11.2 Å². The van der Waals surface area contributed by atoms with Crippen molar-refractivity contribution in [3.05, 3.63) is 0 Å². The summed E-state index contributed by atoms with van der Waals surface area (Å²) in [7, 11) is -2.78. The Morgan fingerprint density at radius 1 is 1.08 bits per heavy atom. The van der Waals surface area contributed by atoms with E-state index in [1.165, 1.54) is 0 Å². The summed E-state index contributed by atoms with van der Waals surface area (Å²) < 4.78 is 23.4. The van der Waals surface area contributed by atoms with Crippen LogP contribution < -0.4 is 0 Å². The Balaban J connectivity index is 2.93. The molecule has 0 aromatic rings. The van der Waals surface area contributed by atoms with Gasteiger partial charge in [-0.05, 0) is 24.2 Å². The average Bonchev–Trinajstić information content (AvgIpc) is 2.24. The highest BCUT2D eigenvalue weighted by Gasteiger charge is 2.42. The molecule has 78 valence electrons. The van der Waals surface area contributed by atoms with Gasteiger partial charge in [0.2, 0.25) is 0 Å². The third-order valence-electron chi connectivity index (χ3n) is 3.09. The van der Waals surface area contributed by atoms with Crippen molar-refractivity contribution in [1.29, 1.82) is 0 Å². The second-order valence-corrected chi connectivity index (χ2v) is 7.05. The van der Waals surface area contributed by atoms with E-state index in [1.807, 2.05) is 13.8 Å². The van der Waals surface area contributed by atoms with Crippen molar-refractivity contribution in [2.45, 2.75) is 39.4 Å². The second kappa shape index (κ2) is 3.60. The first-order valence-corrected chi connectivity index (χ1v) is 6.79. The molecule has 0 aliphatic carbocycles. The average molecular weight is 204 g/mol. The first-order valence-electron chi connectivity index (χ1n) is 5.08. The predicted octanol–water partition coefficient (Wildman–Crippen LogP) is 2.10. The molecule has 0 aromatic heterocycles. The minimum Gasteiger partial charge on any atom is -0.229 e. The van der Waals surface area contributed by atoms with Gasteiger partial charge in [0, 0.05) is 0 Å². The van der Waals surface area contributed by atoms with Gasteiger partial charge in [-0.15, -0.1) is 0 Å². The molecule has 0 saturated carbocycles. The fourth-order valence-corrected chi connectivity index (χ4v) is 5.17. The lowest BCUT2D eigenvalue weighted by Gasteiger charge is -2.24. The summed E-state index contributed by atoms with van der Waals surface area (Å²) in [5.41, 5.74) is 0. The van der Waals surface area contributed by atoms with Crippen LogP contribution in [0.15, 0.2) is 0 Å². The summed E-state index contributed by atoms with van der Waals surface area (Å²) in [5, 5.41) is -0.0903. The first kappa shape index (κ1) is 11.0. The zero-order chi connectivity index (χ0) is 10.2. The maximum Gasteiger partial charge on any atom is 0.153 e. The lowest BCUT2D eigenvalue weighted by atomic mass is 9.85. The molecular formula is C10H20O2S. The molecule has 1 saturated heterocycles. The fraction of sp³-hybridized carbons (Fsp3) is 1.00. The fourth-order valence-electron chi connectivity index (χ4n) is 2.49. The molecule has 0 aromatic carbocycles. The molecule has 1 fully saturated rings. The van der Waals surface area contributed by atoms with E-state index in [9.17, 15) is 8.42 Å². The molecule has 1 aliphatic heterocycles. The zero-order valence-corrected chi connectivity index (χ0v) is 9.76. The lowest BCUT2D eigenvalue weighted by Crippen LogP contribution is -2.30. The van der Waals surface area contributed by atoms with Crippen LogP contribution in [-0.2, 0) is 9.84 Å². The molecule has 2 atom stereocenters. The summed E-state index contributed by atoms with van der Waals surface area (Å²) in [6.07, 6.45) is 0.864. The Morgan fingerprint density at radius 3 is 1.92 bits per heavy atom. The van der Waals surface area contributed by atoms with Gasteiger partial charge in [-0.1, -0.05) is 27.7 Å². The van der Waals surface area contributed by atoms with Gasteiger partial charge < -0.3 is 0 Å². The number of rotatable bonds is 2. The maximum atomic E-state index is 11.7. The first-order chi connectivity index (χ1) is 5.86. The third-order valence-corrected chi connectivity index (χ3v) is 5.61. The van der Waals surface area contributed by atoms with Crippen LogP contribution in [0, 0.1) is 17.8 Å². The van der Waals surface area contributed by atoms with Gasteiger partial charge in [0.1, 0.15) is 0 Å². The molecule has 0 radical (unpaired) electrons. The summed E-state index contributed by atoms with van der Waals surface area (Å²) in [5.74, 6) is 1.54. The molecule has 2 nitrogen and oxygen atoms in total. The Morgan fingerprint density at radius 2 is 1.62 bits per heavy atom. The highest BCUT2D eigenvalue weighted by atomic mass is 32.2. The monoisotopic (exact) mass is 204 g/mol. The Labute approximate surface area is 81.6 Å². The second-order valence-electron chi connectivity index (χ2n) is 4.77. The summed E-state index contributed by atoms with van der Waals surface area (Å²) in [6.45, 7) is 8.29. The van der Waals surface area contributed by atoms with E-state index in [1.54, 1.807) is 0 Å². The molecule has 0 bridgehead atoms. The van der Waals surface area contributed by atoms with Crippen LogP contribution in [0.5, 0.6) is 0 Å². The Bertz CT molecular complexity index is 265. The SMILES string of the molecule is CC(C)C1CCS(=O)(=O)C1C(C)C. The maximum absolute atomic E-state index is 11.7. The van der Waals surface area contributed by atoms with E-state index < -0.39 is 9.84 Å². The quantitative estimate of drug-likeness (QED) is 0.690. The molecule has 13 heavy (non-hydrogen) atoms. The van der Waals surface area contributed by atoms with Gasteiger partial charge in [0.15, 0.2) is 9.84 Å². The number of sulfone groups is 1. The lowest BCUT2D eigenvalue weighted by molar-refractivity contribution is 0.331. The minimum atomic E-state index is -2.78. The molecule has 1 heterocycles. The Hall–Kier alpha value is -0.0500. The third kappa shape index (κ3) is 2.06. The molecule has 0 spiro atoms. The topological polar surface area (TPSA) is 34.1 Å². The molecule has 1 rings (SSSR count). The normalized spacial score (nSPS) is 33.1. The van der Waals surface area contributed by atoms with Crippen LogP contribution in [-0.4, -0.2) is 19.4 Å². The standard InChI is InChI=1S/C10H20O2S/c1-7(2)9-5-6-13(11,12)10(9)8(3)4/h7-10H,5-6H2,1-4H3. The van der Waals surface area contributed by atoms with Crippen molar-refractivity contribution >= 4 is 9.84 Å². The molecular weight excluding hydrogens is 184 g/mol. The van der Waals surface area contributed by atoms with Gasteiger partial charge in [0.25, 0.3) is 0 Å². The summed E-state index contributed by atoms with van der Waals surface area (Å²) in [6, 6.07) is 0. The van der Waals surface area contributed by atoms with Crippen LogP contribution in [0.2, 0.25) is 0 Å². The van der Waals surface area contributed by atoms with Crippen LogP contribution >= 0.6 is 0 Å². The van der Waals surface area contributed by atoms with Crippen molar-refractivity contribution in [3.8, 4) is 0 Å². The minimum absolute atomic E-state index is 0.0903. The van der Waals surface area contributed by atoms with Gasteiger partial charge in [-0.2, -0.15) is 0 Å². The van der Waals surface area contributed by atoms with Crippen molar-refractivity contribution < 1.29 is 8.42 Å². The largest absolute Gasteiger partial charge is 0.229 e. The molecule has 2 unspecified atom stereocenters. The van der Waals surface area contributed by atoms with Crippen LogP contribution in [0.4, 0.5) is 0 Å². The molecule has 0 amide bonds. The zero-order valence-electron chi connectivity index (χ0n) is 8.95. The van der Waals surface area contributed by atoms with Crippen molar-refractivity contribution in [2.75, 3.05) is 5.75 Å². The van der Waals surface area contributed by atoms with Crippen molar-refractivity contribution in [1.82, 2.24) is 0 Å². The van der Waals surface area contributed by atoms with E-state index >= 15 is 0 Å². The highest BCUT2D eigenvalue weighted by Crippen LogP contribution is 2.36. The number of hydrogen-bond acceptors (Lipinski definition) is 2. The smallest absolute Gasteiger partial charge is 0.153 e. The van der Waals surface area contributed by atoms with E-state index in [4.69, 9.17) is 0 Å².